The van der Waals surface area contributed by atoms with E-state index in [4.69, 9.17) is 17.3 Å². The number of carbonyl (C=O) groups excluding carboxylic acids is 1. The fraction of sp³-hybridized carbons (Fsp3) is 0.462. The Balaban J connectivity index is 0.00000220. The third kappa shape index (κ3) is 3.84. The van der Waals surface area contributed by atoms with Crippen molar-refractivity contribution >= 4 is 35.6 Å². The van der Waals surface area contributed by atoms with Gasteiger partial charge in [-0.2, -0.15) is 0 Å². The molecular formula is C13H17Cl2N3O3. The number of nitrogens with two attached hydrogens (primary N) is 1. The van der Waals surface area contributed by atoms with Crippen LogP contribution < -0.4 is 5.73 Å². The molecule has 1 aromatic rings. The fourth-order valence-corrected chi connectivity index (χ4v) is 2.52. The van der Waals surface area contributed by atoms with Gasteiger partial charge in [0.25, 0.3) is 11.6 Å². The minimum atomic E-state index is -0.585. The molecule has 0 aromatic heterocycles. The van der Waals surface area contributed by atoms with Crippen LogP contribution in [0.1, 0.15) is 23.7 Å². The predicted octanol–water partition coefficient (Wildman–Crippen LogP) is 2.48. The van der Waals surface area contributed by atoms with Gasteiger partial charge in [0.2, 0.25) is 0 Å². The Morgan fingerprint density at radius 1 is 1.52 bits per heavy atom. The van der Waals surface area contributed by atoms with Crippen molar-refractivity contribution in [1.82, 2.24) is 4.90 Å². The maximum Gasteiger partial charge on any atom is 0.283 e. The van der Waals surface area contributed by atoms with Crippen LogP contribution in [0.3, 0.4) is 0 Å². The minimum absolute atomic E-state index is 0. The molecule has 0 saturated carbocycles. The van der Waals surface area contributed by atoms with Crippen LogP contribution in [0.15, 0.2) is 18.2 Å². The molecule has 2 unspecified atom stereocenters. The zero-order valence-electron chi connectivity index (χ0n) is 11.5. The van der Waals surface area contributed by atoms with Crippen molar-refractivity contribution in [2.75, 3.05) is 13.1 Å². The summed E-state index contributed by atoms with van der Waals surface area (Å²) >= 11 is 5.75. The number of likely N-dealkylation sites (tertiary alicyclic amines) is 1. The number of hydrogen-bond acceptors (Lipinski definition) is 4. The summed E-state index contributed by atoms with van der Waals surface area (Å²) in [5.74, 6) is -0.161. The molecule has 6 nitrogen and oxygen atoms in total. The lowest BCUT2D eigenvalue weighted by Gasteiger charge is -2.35. The Labute approximate surface area is 133 Å². The van der Waals surface area contributed by atoms with Crippen LogP contribution in [0, 0.1) is 16.0 Å². The molecule has 8 heteroatoms. The van der Waals surface area contributed by atoms with Crippen LogP contribution in [0.2, 0.25) is 5.02 Å². The van der Waals surface area contributed by atoms with Gasteiger partial charge in [0.05, 0.1) is 4.92 Å². The highest BCUT2D eigenvalue weighted by atomic mass is 35.5. The maximum absolute atomic E-state index is 12.4. The average molecular weight is 334 g/mol. The van der Waals surface area contributed by atoms with E-state index in [9.17, 15) is 14.9 Å². The Morgan fingerprint density at radius 3 is 2.76 bits per heavy atom. The first-order valence-corrected chi connectivity index (χ1v) is 6.76. The third-order valence-electron chi connectivity index (χ3n) is 3.65. The molecule has 116 valence electrons. The lowest BCUT2D eigenvalue weighted by Crippen LogP contribution is -2.48. The molecule has 2 rings (SSSR count). The van der Waals surface area contributed by atoms with E-state index in [1.54, 1.807) is 4.90 Å². The molecule has 0 bridgehead atoms. The molecule has 1 amide bonds. The monoisotopic (exact) mass is 333 g/mol. The second-order valence-corrected chi connectivity index (χ2v) is 5.54. The standard InChI is InChI=1S/C13H16ClN3O3.ClH/c1-8-7-16(5-4-11(8)15)13(18)10-3-2-9(14)6-12(10)17(19)20;/h2-3,6,8,11H,4-5,7,15H2,1H3;1H. The lowest BCUT2D eigenvalue weighted by atomic mass is 9.94. The summed E-state index contributed by atoms with van der Waals surface area (Å²) in [4.78, 5) is 24.5. The third-order valence-corrected chi connectivity index (χ3v) is 3.88. The van der Waals surface area contributed by atoms with Gasteiger partial charge < -0.3 is 10.6 Å². The maximum atomic E-state index is 12.4. The number of halogens is 2. The Kier molecular flexibility index (Phi) is 5.95. The van der Waals surface area contributed by atoms with E-state index in [1.807, 2.05) is 6.92 Å². The topological polar surface area (TPSA) is 89.5 Å². The van der Waals surface area contributed by atoms with Gasteiger partial charge in [-0.15, -0.1) is 12.4 Å². The molecule has 1 heterocycles. The summed E-state index contributed by atoms with van der Waals surface area (Å²) < 4.78 is 0. The zero-order chi connectivity index (χ0) is 14.9. The van der Waals surface area contributed by atoms with Gasteiger partial charge in [0.15, 0.2) is 0 Å². The summed E-state index contributed by atoms with van der Waals surface area (Å²) in [5, 5.41) is 11.3. The molecule has 1 fully saturated rings. The largest absolute Gasteiger partial charge is 0.338 e. The summed E-state index contributed by atoms with van der Waals surface area (Å²) in [6.45, 7) is 3.00. The van der Waals surface area contributed by atoms with E-state index in [1.165, 1.54) is 18.2 Å². The van der Waals surface area contributed by atoms with Gasteiger partial charge >= 0.3 is 0 Å². The van der Waals surface area contributed by atoms with Crippen molar-refractivity contribution in [3.8, 4) is 0 Å². The van der Waals surface area contributed by atoms with Crippen molar-refractivity contribution in [3.63, 3.8) is 0 Å². The number of rotatable bonds is 2. The highest BCUT2D eigenvalue weighted by Gasteiger charge is 2.30. The zero-order valence-corrected chi connectivity index (χ0v) is 13.1. The fourth-order valence-electron chi connectivity index (χ4n) is 2.36. The Hall–Kier alpha value is -1.37. The number of carbonyl (C=O) groups is 1. The number of piperidine rings is 1. The predicted molar refractivity (Wildman–Crippen MR) is 83.0 cm³/mol. The normalized spacial score (nSPS) is 21.6. The molecule has 1 aliphatic rings. The number of hydrogen-bond donors (Lipinski definition) is 1. The van der Waals surface area contributed by atoms with Crippen LogP contribution in [-0.2, 0) is 0 Å². The molecule has 1 saturated heterocycles. The average Bonchev–Trinajstić information content (AvgIpc) is 2.41. The first-order valence-electron chi connectivity index (χ1n) is 6.39. The van der Waals surface area contributed by atoms with E-state index in [-0.39, 0.29) is 46.5 Å². The number of amides is 1. The van der Waals surface area contributed by atoms with E-state index in [0.717, 1.165) is 0 Å². The van der Waals surface area contributed by atoms with Gasteiger partial charge in [0.1, 0.15) is 5.56 Å². The quantitative estimate of drug-likeness (QED) is 0.665. The summed E-state index contributed by atoms with van der Waals surface area (Å²) in [7, 11) is 0. The molecule has 1 aromatic carbocycles. The molecule has 0 spiro atoms. The smallest absolute Gasteiger partial charge is 0.283 e. The number of nitro groups is 1. The van der Waals surface area contributed by atoms with Gasteiger partial charge in [-0.25, -0.2) is 0 Å². The molecule has 21 heavy (non-hydrogen) atoms. The number of nitrogens with zero attached hydrogens (tertiary/aromatic N) is 2. The molecule has 0 aliphatic carbocycles. The highest BCUT2D eigenvalue weighted by molar-refractivity contribution is 6.31. The van der Waals surface area contributed by atoms with Gasteiger partial charge in [-0.3, -0.25) is 14.9 Å². The van der Waals surface area contributed by atoms with Crippen LogP contribution in [0.25, 0.3) is 0 Å². The molecule has 0 radical (unpaired) electrons. The Bertz CT molecular complexity index is 553. The van der Waals surface area contributed by atoms with Crippen molar-refractivity contribution in [2.45, 2.75) is 19.4 Å². The minimum Gasteiger partial charge on any atom is -0.338 e. The van der Waals surface area contributed by atoms with Crippen LogP contribution in [0.5, 0.6) is 0 Å². The number of nitro benzene ring substituents is 1. The first kappa shape index (κ1) is 17.7. The lowest BCUT2D eigenvalue weighted by molar-refractivity contribution is -0.385. The number of benzene rings is 1. The first-order chi connectivity index (χ1) is 9.40. The highest BCUT2D eigenvalue weighted by Crippen LogP contribution is 2.26. The molecular weight excluding hydrogens is 317 g/mol. The molecule has 1 aliphatic heterocycles. The van der Waals surface area contributed by atoms with E-state index < -0.39 is 4.92 Å². The summed E-state index contributed by atoms with van der Waals surface area (Å²) in [6, 6.07) is 4.16. The molecule has 2 N–H and O–H groups in total. The second kappa shape index (κ2) is 7.06. The van der Waals surface area contributed by atoms with Crippen molar-refractivity contribution in [3.05, 3.63) is 38.9 Å². The van der Waals surface area contributed by atoms with Gasteiger partial charge in [-0.1, -0.05) is 18.5 Å². The van der Waals surface area contributed by atoms with Gasteiger partial charge in [0, 0.05) is 30.2 Å². The van der Waals surface area contributed by atoms with Crippen LogP contribution in [-0.4, -0.2) is 34.9 Å². The van der Waals surface area contributed by atoms with Gasteiger partial charge in [-0.05, 0) is 24.5 Å². The Morgan fingerprint density at radius 2 is 2.19 bits per heavy atom. The van der Waals surface area contributed by atoms with E-state index >= 15 is 0 Å². The van der Waals surface area contributed by atoms with E-state index in [2.05, 4.69) is 0 Å². The summed E-state index contributed by atoms with van der Waals surface area (Å²) in [5.41, 5.74) is 5.73. The van der Waals surface area contributed by atoms with Crippen LogP contribution in [0.4, 0.5) is 5.69 Å². The molecule has 2 atom stereocenters. The van der Waals surface area contributed by atoms with Crippen molar-refractivity contribution in [2.24, 2.45) is 11.7 Å². The summed E-state index contributed by atoms with van der Waals surface area (Å²) in [6.07, 6.45) is 0.703. The van der Waals surface area contributed by atoms with Crippen LogP contribution >= 0.6 is 24.0 Å². The second-order valence-electron chi connectivity index (χ2n) is 5.10. The van der Waals surface area contributed by atoms with E-state index in [0.29, 0.717) is 19.5 Å². The van der Waals surface area contributed by atoms with Crippen molar-refractivity contribution in [1.29, 1.82) is 0 Å². The van der Waals surface area contributed by atoms with Crippen molar-refractivity contribution < 1.29 is 9.72 Å². The SMILES string of the molecule is CC1CN(C(=O)c2ccc(Cl)cc2[N+](=O)[O-])CCC1N.Cl.